The Balaban J connectivity index is 1.11. The Morgan fingerprint density at radius 2 is 1.61 bits per heavy atom. The molecule has 3 fully saturated rings. The number of carbonyl (C=O) groups excluding carboxylic acids is 1. The van der Waals surface area contributed by atoms with E-state index in [9.17, 15) is 4.79 Å². The summed E-state index contributed by atoms with van der Waals surface area (Å²) < 4.78 is 10.9. The zero-order valence-electron chi connectivity index (χ0n) is 19.6. The second kappa shape index (κ2) is 9.64. The van der Waals surface area contributed by atoms with Gasteiger partial charge in [0.05, 0.1) is 11.8 Å². The highest BCUT2D eigenvalue weighted by Gasteiger charge is 2.28. The van der Waals surface area contributed by atoms with Gasteiger partial charge >= 0.3 is 0 Å². The minimum atomic E-state index is -0.00836. The summed E-state index contributed by atoms with van der Waals surface area (Å²) in [5, 5.41) is 12.9. The van der Waals surface area contributed by atoms with E-state index >= 15 is 0 Å². The molecule has 1 unspecified atom stereocenters. The third kappa shape index (κ3) is 4.81. The molecule has 33 heavy (non-hydrogen) atoms. The van der Waals surface area contributed by atoms with Crippen molar-refractivity contribution in [3.05, 3.63) is 29.2 Å². The van der Waals surface area contributed by atoms with Crippen LogP contribution in [0.2, 0.25) is 0 Å². The van der Waals surface area contributed by atoms with Gasteiger partial charge in [0.25, 0.3) is 5.91 Å². The van der Waals surface area contributed by atoms with E-state index in [0.29, 0.717) is 36.2 Å². The number of aryl methyl sites for hydroxylation is 2. The average molecular weight is 456 g/mol. The van der Waals surface area contributed by atoms with E-state index in [0.717, 1.165) is 64.1 Å². The van der Waals surface area contributed by atoms with Crippen LogP contribution in [0.1, 0.15) is 34.7 Å². The molecular formula is C23H33N7O3. The lowest BCUT2D eigenvalue weighted by molar-refractivity contribution is 0.0712. The van der Waals surface area contributed by atoms with E-state index in [4.69, 9.17) is 9.26 Å². The van der Waals surface area contributed by atoms with Crippen molar-refractivity contribution in [3.63, 3.8) is 0 Å². The number of piperazine rings is 2. The molecule has 0 aromatic carbocycles. The third-order valence-electron chi connectivity index (χ3n) is 6.96. The van der Waals surface area contributed by atoms with E-state index < -0.39 is 0 Å². The minimum absolute atomic E-state index is 0.00836. The maximum atomic E-state index is 12.8. The molecule has 3 aliphatic heterocycles. The van der Waals surface area contributed by atoms with Gasteiger partial charge < -0.3 is 24.0 Å². The number of nitrogens with zero attached hydrogens (tertiary/aromatic N) is 7. The number of carbonyl (C=O) groups is 1. The van der Waals surface area contributed by atoms with Gasteiger partial charge in [-0.15, -0.1) is 10.2 Å². The molecule has 0 saturated carbocycles. The molecule has 1 atom stereocenters. The first-order valence-electron chi connectivity index (χ1n) is 12.0. The van der Waals surface area contributed by atoms with Crippen LogP contribution in [-0.2, 0) is 4.74 Å². The predicted molar refractivity (Wildman–Crippen MR) is 124 cm³/mol. The Morgan fingerprint density at radius 1 is 0.970 bits per heavy atom. The first-order valence-corrected chi connectivity index (χ1v) is 12.0. The fourth-order valence-corrected chi connectivity index (χ4v) is 4.98. The summed E-state index contributed by atoms with van der Waals surface area (Å²) >= 11 is 0. The van der Waals surface area contributed by atoms with E-state index in [-0.39, 0.29) is 5.91 Å². The summed E-state index contributed by atoms with van der Waals surface area (Å²) in [4.78, 5) is 21.7. The first-order chi connectivity index (χ1) is 16.1. The molecule has 0 spiro atoms. The van der Waals surface area contributed by atoms with Crippen molar-refractivity contribution in [2.45, 2.75) is 32.8 Å². The van der Waals surface area contributed by atoms with Crippen molar-refractivity contribution in [2.24, 2.45) is 0 Å². The van der Waals surface area contributed by atoms with Gasteiger partial charge in [-0.05, 0) is 38.8 Å². The van der Waals surface area contributed by atoms with Gasteiger partial charge in [-0.1, -0.05) is 5.16 Å². The number of rotatable bonds is 5. The number of hydrogen-bond donors (Lipinski definition) is 0. The van der Waals surface area contributed by atoms with Gasteiger partial charge in [0.2, 0.25) is 0 Å². The monoisotopic (exact) mass is 455 g/mol. The highest BCUT2D eigenvalue weighted by molar-refractivity contribution is 5.96. The summed E-state index contributed by atoms with van der Waals surface area (Å²) in [5.41, 5.74) is 1.23. The number of amides is 1. The minimum Gasteiger partial charge on any atom is -0.377 e. The van der Waals surface area contributed by atoms with Gasteiger partial charge in [0, 0.05) is 65.5 Å². The molecule has 0 bridgehead atoms. The maximum Gasteiger partial charge on any atom is 0.259 e. The second-order valence-corrected chi connectivity index (χ2v) is 9.15. The van der Waals surface area contributed by atoms with E-state index in [1.807, 2.05) is 11.0 Å². The van der Waals surface area contributed by atoms with Crippen LogP contribution in [0.25, 0.3) is 0 Å². The predicted octanol–water partition coefficient (Wildman–Crippen LogP) is 1.34. The van der Waals surface area contributed by atoms with Gasteiger partial charge in [0.1, 0.15) is 11.3 Å². The van der Waals surface area contributed by atoms with Crippen LogP contribution in [0.5, 0.6) is 0 Å². The van der Waals surface area contributed by atoms with Crippen LogP contribution in [0.3, 0.4) is 0 Å². The second-order valence-electron chi connectivity index (χ2n) is 9.15. The lowest BCUT2D eigenvalue weighted by Crippen LogP contribution is -2.49. The molecule has 10 heteroatoms. The summed E-state index contributed by atoms with van der Waals surface area (Å²) in [6.07, 6.45) is 2.80. The van der Waals surface area contributed by atoms with Crippen LogP contribution in [-0.4, -0.2) is 103 Å². The van der Waals surface area contributed by atoms with Crippen LogP contribution < -0.4 is 9.80 Å². The van der Waals surface area contributed by atoms with Crippen molar-refractivity contribution in [1.82, 2.24) is 25.2 Å². The molecular weight excluding hydrogens is 422 g/mol. The number of ether oxygens (including phenoxy) is 1. The van der Waals surface area contributed by atoms with Crippen LogP contribution >= 0.6 is 0 Å². The van der Waals surface area contributed by atoms with Gasteiger partial charge in [-0.25, -0.2) is 0 Å². The van der Waals surface area contributed by atoms with Crippen molar-refractivity contribution in [1.29, 1.82) is 0 Å². The number of anilines is 2. The summed E-state index contributed by atoms with van der Waals surface area (Å²) in [6, 6.07) is 4.12. The zero-order chi connectivity index (χ0) is 22.8. The van der Waals surface area contributed by atoms with Crippen LogP contribution in [0, 0.1) is 13.8 Å². The Bertz CT molecular complexity index is 922. The van der Waals surface area contributed by atoms with Crippen molar-refractivity contribution in [3.8, 4) is 0 Å². The molecule has 178 valence electrons. The molecule has 0 aliphatic carbocycles. The normalized spacial score (nSPS) is 22.2. The highest BCUT2D eigenvalue weighted by atomic mass is 16.5. The number of hydrogen-bond acceptors (Lipinski definition) is 9. The smallest absolute Gasteiger partial charge is 0.259 e. The molecule has 1 amide bonds. The molecule has 0 N–H and O–H groups in total. The zero-order valence-corrected chi connectivity index (χ0v) is 19.6. The fraction of sp³-hybridized carbons (Fsp3) is 0.652. The standard InChI is InChI=1S/C23H33N7O3/c1-17-22(18(2)33-26-17)23(31)30-13-11-29(12-14-30)21-6-5-20(24-25-21)28-9-7-27(8-10-28)16-19-4-3-15-32-19/h5-6,19H,3-4,7-16H2,1-2H3. The molecule has 5 rings (SSSR count). The molecule has 3 aliphatic rings. The highest BCUT2D eigenvalue weighted by Crippen LogP contribution is 2.21. The van der Waals surface area contributed by atoms with Crippen LogP contribution in [0.15, 0.2) is 16.7 Å². The van der Waals surface area contributed by atoms with Crippen molar-refractivity contribution < 1.29 is 14.1 Å². The molecule has 2 aromatic rings. The molecule has 2 aromatic heterocycles. The molecule has 0 radical (unpaired) electrons. The van der Waals surface area contributed by atoms with Gasteiger partial charge in [0.15, 0.2) is 11.6 Å². The quantitative estimate of drug-likeness (QED) is 0.662. The first kappa shape index (κ1) is 22.1. The maximum absolute atomic E-state index is 12.8. The van der Waals surface area contributed by atoms with Gasteiger partial charge in [-0.3, -0.25) is 9.69 Å². The summed E-state index contributed by atoms with van der Waals surface area (Å²) in [6.45, 7) is 12.3. The Morgan fingerprint density at radius 3 is 2.12 bits per heavy atom. The fourth-order valence-electron chi connectivity index (χ4n) is 4.98. The number of aromatic nitrogens is 3. The SMILES string of the molecule is Cc1noc(C)c1C(=O)N1CCN(c2ccc(N3CCN(CC4CCCO4)CC3)nn2)CC1. The molecule has 3 saturated heterocycles. The lowest BCUT2D eigenvalue weighted by atomic mass is 10.1. The average Bonchev–Trinajstić information content (AvgIpc) is 3.48. The van der Waals surface area contributed by atoms with E-state index in [2.05, 4.69) is 36.1 Å². The van der Waals surface area contributed by atoms with E-state index in [1.54, 1.807) is 13.8 Å². The summed E-state index contributed by atoms with van der Waals surface area (Å²) in [7, 11) is 0. The van der Waals surface area contributed by atoms with Crippen molar-refractivity contribution in [2.75, 3.05) is 75.3 Å². The molecule has 5 heterocycles. The largest absolute Gasteiger partial charge is 0.377 e. The topological polar surface area (TPSA) is 91.1 Å². The Hall–Kier alpha value is -2.72. The van der Waals surface area contributed by atoms with Crippen LogP contribution in [0.4, 0.5) is 11.6 Å². The third-order valence-corrected chi connectivity index (χ3v) is 6.96. The van der Waals surface area contributed by atoms with Gasteiger partial charge in [-0.2, -0.15) is 0 Å². The summed E-state index contributed by atoms with van der Waals surface area (Å²) in [5.74, 6) is 2.36. The lowest BCUT2D eigenvalue weighted by Gasteiger charge is -2.37. The van der Waals surface area contributed by atoms with E-state index in [1.165, 1.54) is 12.8 Å². The Labute approximate surface area is 194 Å². The molecule has 10 nitrogen and oxygen atoms in total. The van der Waals surface area contributed by atoms with Crippen molar-refractivity contribution >= 4 is 17.5 Å². The Kier molecular flexibility index (Phi) is 6.45.